The number of hydrogen-bond donors (Lipinski definition) is 1. The van der Waals surface area contributed by atoms with E-state index in [2.05, 4.69) is 10.3 Å². The lowest BCUT2D eigenvalue weighted by Crippen LogP contribution is -2.40. The Morgan fingerprint density at radius 2 is 1.78 bits per heavy atom. The highest BCUT2D eigenvalue weighted by atomic mass is 32.1. The van der Waals surface area contributed by atoms with Crippen molar-refractivity contribution in [1.82, 2.24) is 15.2 Å². The molecule has 2 aromatic carbocycles. The van der Waals surface area contributed by atoms with Crippen molar-refractivity contribution < 1.29 is 27.4 Å². The predicted molar refractivity (Wildman–Crippen MR) is 133 cm³/mol. The number of hydrogen-bond acceptors (Lipinski definition) is 6. The summed E-state index contributed by atoms with van der Waals surface area (Å²) >= 11 is 1.33. The van der Waals surface area contributed by atoms with Gasteiger partial charge in [0.15, 0.2) is 0 Å². The van der Waals surface area contributed by atoms with E-state index in [1.54, 1.807) is 37.8 Å². The van der Waals surface area contributed by atoms with Gasteiger partial charge in [-0.1, -0.05) is 24.3 Å². The fraction of sp³-hybridized carbons (Fsp3) is 0.385. The Morgan fingerprint density at radius 3 is 2.42 bits per heavy atom. The SMILES string of the molecule is COc1ccc(CN(Cc2cccc(C(F)(F)F)c2)Cc2nc(C(=O)NC(C)(C)C)cs2)c(OC)c1. The summed E-state index contributed by atoms with van der Waals surface area (Å²) in [6.45, 7) is 6.61. The maximum atomic E-state index is 13.3. The van der Waals surface area contributed by atoms with Crippen LogP contribution in [0.2, 0.25) is 0 Å². The molecule has 0 aliphatic carbocycles. The minimum atomic E-state index is -4.43. The summed E-state index contributed by atoms with van der Waals surface area (Å²) in [5, 5.41) is 5.25. The van der Waals surface area contributed by atoms with Crippen LogP contribution in [0.15, 0.2) is 47.8 Å². The molecule has 0 saturated carbocycles. The van der Waals surface area contributed by atoms with Crippen LogP contribution in [0.5, 0.6) is 11.5 Å². The Labute approximate surface area is 213 Å². The van der Waals surface area contributed by atoms with Gasteiger partial charge in [0.25, 0.3) is 5.91 Å². The second-order valence-corrected chi connectivity index (χ2v) is 10.3. The summed E-state index contributed by atoms with van der Waals surface area (Å²) in [5.74, 6) is 0.966. The number of amides is 1. The maximum Gasteiger partial charge on any atom is 0.416 e. The van der Waals surface area contributed by atoms with Gasteiger partial charge in [-0.25, -0.2) is 4.98 Å². The summed E-state index contributed by atoms with van der Waals surface area (Å²) in [7, 11) is 3.11. The van der Waals surface area contributed by atoms with Crippen molar-refractivity contribution in [2.45, 2.75) is 52.1 Å². The van der Waals surface area contributed by atoms with E-state index in [1.165, 1.54) is 17.4 Å². The molecule has 0 atom stereocenters. The van der Waals surface area contributed by atoms with Crippen LogP contribution in [0, 0.1) is 0 Å². The molecule has 1 heterocycles. The molecule has 1 N–H and O–H groups in total. The minimum absolute atomic E-state index is 0.238. The van der Waals surface area contributed by atoms with Gasteiger partial charge in [-0.2, -0.15) is 13.2 Å². The first-order valence-corrected chi connectivity index (χ1v) is 12.1. The fourth-order valence-electron chi connectivity index (χ4n) is 3.58. The highest BCUT2D eigenvalue weighted by Crippen LogP contribution is 2.31. The smallest absolute Gasteiger partial charge is 0.416 e. The van der Waals surface area contributed by atoms with E-state index in [-0.39, 0.29) is 12.5 Å². The molecule has 1 amide bonds. The number of thiazole rings is 1. The average molecular weight is 522 g/mol. The van der Waals surface area contributed by atoms with Crippen molar-refractivity contribution in [3.63, 3.8) is 0 Å². The van der Waals surface area contributed by atoms with Gasteiger partial charge in [0.1, 0.15) is 22.2 Å². The van der Waals surface area contributed by atoms with Crippen LogP contribution in [0.1, 0.15) is 53.0 Å². The molecule has 0 bridgehead atoms. The van der Waals surface area contributed by atoms with Gasteiger partial charge in [0.05, 0.1) is 26.3 Å². The molecule has 0 radical (unpaired) electrons. The third kappa shape index (κ3) is 7.69. The molecule has 6 nitrogen and oxygen atoms in total. The first-order valence-electron chi connectivity index (χ1n) is 11.2. The number of nitrogens with one attached hydrogen (secondary N) is 1. The van der Waals surface area contributed by atoms with Crippen molar-refractivity contribution in [1.29, 1.82) is 0 Å². The molecule has 0 saturated heterocycles. The second kappa shape index (κ2) is 11.3. The summed E-state index contributed by atoms with van der Waals surface area (Å²) in [4.78, 5) is 18.9. The molecular formula is C26H30F3N3O3S. The number of halogens is 3. The van der Waals surface area contributed by atoms with Crippen LogP contribution in [0.25, 0.3) is 0 Å². The van der Waals surface area contributed by atoms with Gasteiger partial charge in [0.2, 0.25) is 0 Å². The van der Waals surface area contributed by atoms with Gasteiger partial charge in [-0.3, -0.25) is 9.69 Å². The van der Waals surface area contributed by atoms with E-state index in [4.69, 9.17) is 9.47 Å². The van der Waals surface area contributed by atoms with Crippen LogP contribution in [0.4, 0.5) is 13.2 Å². The molecule has 0 aliphatic heterocycles. The lowest BCUT2D eigenvalue weighted by Gasteiger charge is -2.23. The van der Waals surface area contributed by atoms with Gasteiger partial charge < -0.3 is 14.8 Å². The Morgan fingerprint density at radius 1 is 1.03 bits per heavy atom. The number of nitrogens with zero attached hydrogens (tertiary/aromatic N) is 2. The zero-order valence-corrected chi connectivity index (χ0v) is 21.7. The summed E-state index contributed by atoms with van der Waals surface area (Å²) in [6.07, 6.45) is -4.43. The molecule has 0 unspecified atom stereocenters. The number of ether oxygens (including phenoxy) is 2. The van der Waals surface area contributed by atoms with E-state index in [9.17, 15) is 18.0 Å². The predicted octanol–water partition coefficient (Wildman–Crippen LogP) is 5.91. The number of alkyl halides is 3. The van der Waals surface area contributed by atoms with Gasteiger partial charge in [0, 0.05) is 35.6 Å². The third-order valence-corrected chi connectivity index (χ3v) is 6.01. The Hall–Kier alpha value is -3.11. The van der Waals surface area contributed by atoms with Crippen LogP contribution in [-0.2, 0) is 25.8 Å². The van der Waals surface area contributed by atoms with Crippen molar-refractivity contribution in [3.05, 3.63) is 75.2 Å². The zero-order chi connectivity index (χ0) is 26.5. The number of rotatable bonds is 9. The lowest BCUT2D eigenvalue weighted by atomic mass is 10.1. The summed E-state index contributed by atoms with van der Waals surface area (Å²) in [6, 6.07) is 10.7. The second-order valence-electron chi connectivity index (χ2n) is 9.35. The van der Waals surface area contributed by atoms with E-state index < -0.39 is 17.3 Å². The number of methoxy groups -OCH3 is 2. The van der Waals surface area contributed by atoms with Crippen molar-refractivity contribution >= 4 is 17.2 Å². The molecule has 194 valence electrons. The van der Waals surface area contributed by atoms with E-state index in [0.717, 1.165) is 17.7 Å². The first-order chi connectivity index (χ1) is 16.9. The molecule has 36 heavy (non-hydrogen) atoms. The van der Waals surface area contributed by atoms with Crippen molar-refractivity contribution in [3.8, 4) is 11.5 Å². The molecule has 10 heteroatoms. The quantitative estimate of drug-likeness (QED) is 0.379. The molecule has 0 aliphatic rings. The highest BCUT2D eigenvalue weighted by Gasteiger charge is 2.30. The van der Waals surface area contributed by atoms with Gasteiger partial charge in [-0.15, -0.1) is 11.3 Å². The monoisotopic (exact) mass is 521 g/mol. The lowest BCUT2D eigenvalue weighted by molar-refractivity contribution is -0.137. The highest BCUT2D eigenvalue weighted by molar-refractivity contribution is 7.09. The number of benzene rings is 2. The molecule has 3 rings (SSSR count). The topological polar surface area (TPSA) is 63.7 Å². The summed E-state index contributed by atoms with van der Waals surface area (Å²) in [5.41, 5.74) is 0.567. The van der Waals surface area contributed by atoms with Gasteiger partial charge in [-0.05, 0) is 38.5 Å². The summed E-state index contributed by atoms with van der Waals surface area (Å²) < 4.78 is 50.6. The number of carbonyl (C=O) groups is 1. The van der Waals surface area contributed by atoms with E-state index >= 15 is 0 Å². The van der Waals surface area contributed by atoms with Crippen LogP contribution in [0.3, 0.4) is 0 Å². The van der Waals surface area contributed by atoms with Crippen LogP contribution < -0.4 is 14.8 Å². The van der Waals surface area contributed by atoms with E-state index in [0.29, 0.717) is 40.9 Å². The van der Waals surface area contributed by atoms with Gasteiger partial charge >= 0.3 is 6.18 Å². The van der Waals surface area contributed by atoms with Crippen LogP contribution in [-0.4, -0.2) is 35.5 Å². The Bertz CT molecular complexity index is 1190. The Kier molecular flexibility index (Phi) is 8.63. The van der Waals surface area contributed by atoms with Crippen LogP contribution >= 0.6 is 11.3 Å². The first kappa shape index (κ1) is 27.5. The largest absolute Gasteiger partial charge is 0.497 e. The van der Waals surface area contributed by atoms with E-state index in [1.807, 2.05) is 31.7 Å². The fourth-order valence-corrected chi connectivity index (χ4v) is 4.39. The maximum absolute atomic E-state index is 13.3. The Balaban J connectivity index is 1.88. The molecule has 0 fully saturated rings. The molecule has 3 aromatic rings. The third-order valence-electron chi connectivity index (χ3n) is 5.18. The average Bonchev–Trinajstić information content (AvgIpc) is 3.26. The minimum Gasteiger partial charge on any atom is -0.497 e. The standard InChI is InChI=1S/C26H30F3N3O3S/c1-25(2,3)31-24(33)21-16-36-23(30-21)15-32(13-17-7-6-8-19(11-17)26(27,28)29)14-18-9-10-20(34-4)12-22(18)35-5/h6-12,16H,13-15H2,1-5H3,(H,31,33). The molecule has 1 aromatic heterocycles. The number of aromatic nitrogens is 1. The van der Waals surface area contributed by atoms with Crippen molar-refractivity contribution in [2.75, 3.05) is 14.2 Å². The zero-order valence-electron chi connectivity index (χ0n) is 20.9. The molecule has 0 spiro atoms. The number of carbonyl (C=O) groups excluding carboxylic acids is 1. The van der Waals surface area contributed by atoms with Crippen molar-refractivity contribution in [2.24, 2.45) is 0 Å². The normalized spacial score (nSPS) is 12.0. The molecular weight excluding hydrogens is 491 g/mol.